The molecule has 1 fully saturated rings. The monoisotopic (exact) mass is 256 g/mol. The molecule has 0 aromatic heterocycles. The lowest BCUT2D eigenvalue weighted by Gasteiger charge is -2.03. The van der Waals surface area contributed by atoms with Gasteiger partial charge in [0.05, 0.1) is 25.4 Å². The van der Waals surface area contributed by atoms with Crippen LogP contribution in [-0.2, 0) is 19.1 Å². The van der Waals surface area contributed by atoms with Crippen molar-refractivity contribution < 1.29 is 24.2 Å². The first-order valence-electron chi connectivity index (χ1n) is 5.84. The van der Waals surface area contributed by atoms with E-state index in [1.54, 1.807) is 0 Å². The van der Waals surface area contributed by atoms with Crippen LogP contribution in [0.4, 0.5) is 0 Å². The maximum Gasteiger partial charge on any atom is 0.337 e. The molecule has 1 heterocycles. The number of rotatable bonds is 6. The predicted octanol–water partition coefficient (Wildman–Crippen LogP) is 1.93. The Balaban J connectivity index is 0.000000827. The largest absolute Gasteiger partial charge is 0.478 e. The number of aliphatic carboxylic acids is 1. The Kier molecular flexibility index (Phi) is 8.57. The molecule has 0 amide bonds. The summed E-state index contributed by atoms with van der Waals surface area (Å²) in [7, 11) is 0. The van der Waals surface area contributed by atoms with Crippen molar-refractivity contribution in [1.29, 1.82) is 0 Å². The van der Waals surface area contributed by atoms with Gasteiger partial charge in [0.25, 0.3) is 0 Å². The van der Waals surface area contributed by atoms with Crippen molar-refractivity contribution in [2.45, 2.75) is 26.7 Å². The fourth-order valence-electron chi connectivity index (χ4n) is 0.784. The molecule has 0 saturated carbocycles. The fourth-order valence-corrected chi connectivity index (χ4v) is 0.784. The molecule has 0 aromatic carbocycles. The quantitative estimate of drug-likeness (QED) is 0.258. The maximum absolute atomic E-state index is 11.2. The normalized spacial score (nSPS) is 13.1. The Bertz CT molecular complexity index is 326. The summed E-state index contributed by atoms with van der Waals surface area (Å²) in [6.45, 7) is 9.16. The van der Waals surface area contributed by atoms with Gasteiger partial charge in [-0.1, -0.05) is 19.9 Å². The maximum atomic E-state index is 11.2. The molecule has 1 aliphatic rings. The lowest BCUT2D eigenvalue weighted by molar-refractivity contribution is -0.138. The van der Waals surface area contributed by atoms with E-state index < -0.39 is 11.9 Å². The van der Waals surface area contributed by atoms with Crippen LogP contribution in [0.5, 0.6) is 0 Å². The molecule has 1 N–H and O–H groups in total. The van der Waals surface area contributed by atoms with Gasteiger partial charge in [-0.15, -0.1) is 0 Å². The van der Waals surface area contributed by atoms with Gasteiger partial charge in [-0.2, -0.15) is 0 Å². The van der Waals surface area contributed by atoms with Crippen LogP contribution in [-0.4, -0.2) is 36.9 Å². The second-order valence-electron chi connectivity index (χ2n) is 3.76. The lowest BCUT2D eigenvalue weighted by atomic mass is 10.2. The molecule has 0 aromatic rings. The van der Waals surface area contributed by atoms with Crippen LogP contribution in [0.25, 0.3) is 0 Å². The lowest BCUT2D eigenvalue weighted by Crippen LogP contribution is -2.08. The number of unbranched alkanes of at least 4 members (excludes halogenated alkanes) is 1. The molecular weight excluding hydrogens is 236 g/mol. The zero-order valence-corrected chi connectivity index (χ0v) is 10.9. The zero-order valence-electron chi connectivity index (χ0n) is 10.9. The molecule has 0 aliphatic carbocycles. The van der Waals surface area contributed by atoms with Crippen molar-refractivity contribution in [2.24, 2.45) is 0 Å². The van der Waals surface area contributed by atoms with E-state index in [4.69, 9.17) is 9.84 Å². The van der Waals surface area contributed by atoms with Gasteiger partial charge in [0.2, 0.25) is 0 Å². The fraction of sp³-hybridized carbons (Fsp3) is 0.538. The molecule has 1 saturated heterocycles. The van der Waals surface area contributed by atoms with Gasteiger partial charge in [-0.3, -0.25) is 0 Å². The third kappa shape index (κ3) is 9.59. The zero-order chi connectivity index (χ0) is 14.0. The van der Waals surface area contributed by atoms with E-state index in [0.29, 0.717) is 6.61 Å². The highest BCUT2D eigenvalue weighted by molar-refractivity contribution is 5.94. The summed E-state index contributed by atoms with van der Waals surface area (Å²) in [4.78, 5) is 21.7. The Labute approximate surface area is 107 Å². The van der Waals surface area contributed by atoms with Crippen molar-refractivity contribution in [1.82, 2.24) is 0 Å². The SMILES string of the molecule is C1CO1.C=C(C=C(C)C(=O)O)C(=O)OCCCC. The standard InChI is InChI=1S/C11H16O4.C2H4O/c1-4-5-6-15-11(14)9(3)7-8(2)10(12)13;1-2-3-1/h7H,3-6H2,1-2H3,(H,12,13);1-2H2. The van der Waals surface area contributed by atoms with Crippen LogP contribution < -0.4 is 0 Å². The highest BCUT2D eigenvalue weighted by Crippen LogP contribution is 2.03. The smallest absolute Gasteiger partial charge is 0.337 e. The molecule has 0 radical (unpaired) electrons. The van der Waals surface area contributed by atoms with Gasteiger partial charge in [-0.05, 0) is 19.4 Å². The molecule has 0 bridgehead atoms. The minimum Gasteiger partial charge on any atom is -0.478 e. The number of ether oxygens (including phenoxy) is 2. The van der Waals surface area contributed by atoms with Crippen LogP contribution in [0.1, 0.15) is 26.7 Å². The molecule has 5 nitrogen and oxygen atoms in total. The molecule has 0 unspecified atom stereocenters. The predicted molar refractivity (Wildman–Crippen MR) is 67.2 cm³/mol. The number of carboxylic acid groups (broad SMARTS) is 1. The molecule has 1 rings (SSSR count). The second kappa shape index (κ2) is 9.41. The van der Waals surface area contributed by atoms with E-state index in [1.165, 1.54) is 13.0 Å². The van der Waals surface area contributed by atoms with Gasteiger partial charge in [0.1, 0.15) is 0 Å². The number of carboxylic acids is 1. The summed E-state index contributed by atoms with van der Waals surface area (Å²) in [6.07, 6.45) is 2.93. The highest BCUT2D eigenvalue weighted by atomic mass is 16.6. The van der Waals surface area contributed by atoms with E-state index in [-0.39, 0.29) is 11.1 Å². The first kappa shape index (κ1) is 16.4. The van der Waals surface area contributed by atoms with E-state index >= 15 is 0 Å². The van der Waals surface area contributed by atoms with Crippen LogP contribution in [0, 0.1) is 0 Å². The summed E-state index contributed by atoms with van der Waals surface area (Å²) in [5.74, 6) is -1.64. The number of carbonyl (C=O) groups is 2. The van der Waals surface area contributed by atoms with E-state index in [1.807, 2.05) is 6.92 Å². The van der Waals surface area contributed by atoms with Crippen LogP contribution in [0.2, 0.25) is 0 Å². The van der Waals surface area contributed by atoms with E-state index in [0.717, 1.165) is 26.1 Å². The number of hydrogen-bond donors (Lipinski definition) is 1. The van der Waals surface area contributed by atoms with Crippen molar-refractivity contribution in [3.05, 3.63) is 23.8 Å². The summed E-state index contributed by atoms with van der Waals surface area (Å²) in [5.41, 5.74) is 0.124. The first-order valence-corrected chi connectivity index (χ1v) is 5.84. The van der Waals surface area contributed by atoms with Gasteiger partial charge in [0, 0.05) is 5.57 Å². The third-order valence-corrected chi connectivity index (χ3v) is 1.93. The minimum absolute atomic E-state index is 0.0611. The average Bonchev–Trinajstić information content (AvgIpc) is 3.16. The summed E-state index contributed by atoms with van der Waals surface area (Å²) in [5, 5.41) is 8.57. The first-order chi connectivity index (χ1) is 8.49. The topological polar surface area (TPSA) is 76.1 Å². The van der Waals surface area contributed by atoms with Crippen LogP contribution in [0.15, 0.2) is 23.8 Å². The summed E-state index contributed by atoms with van der Waals surface area (Å²) < 4.78 is 9.35. The van der Waals surface area contributed by atoms with E-state index in [9.17, 15) is 9.59 Å². The molecule has 102 valence electrons. The molecule has 1 aliphatic heterocycles. The summed E-state index contributed by atoms with van der Waals surface area (Å²) >= 11 is 0. The molecule has 0 spiro atoms. The Morgan fingerprint density at radius 3 is 2.39 bits per heavy atom. The van der Waals surface area contributed by atoms with Crippen LogP contribution >= 0.6 is 0 Å². The van der Waals surface area contributed by atoms with Gasteiger partial charge in [0.15, 0.2) is 0 Å². The van der Waals surface area contributed by atoms with Crippen molar-refractivity contribution in [3.8, 4) is 0 Å². The average molecular weight is 256 g/mol. The molecule has 5 heteroatoms. The van der Waals surface area contributed by atoms with Gasteiger partial charge in [-0.25, -0.2) is 9.59 Å². The van der Waals surface area contributed by atoms with Crippen LogP contribution in [0.3, 0.4) is 0 Å². The van der Waals surface area contributed by atoms with Gasteiger partial charge < -0.3 is 14.6 Å². The second-order valence-corrected chi connectivity index (χ2v) is 3.76. The summed E-state index contributed by atoms with van der Waals surface area (Å²) in [6, 6.07) is 0. The number of carbonyl (C=O) groups excluding carboxylic acids is 1. The van der Waals surface area contributed by atoms with Crippen molar-refractivity contribution in [3.63, 3.8) is 0 Å². The highest BCUT2D eigenvalue weighted by Gasteiger charge is 2.08. The minimum atomic E-state index is -1.07. The Morgan fingerprint density at radius 1 is 1.44 bits per heavy atom. The molecule has 18 heavy (non-hydrogen) atoms. The number of esters is 1. The van der Waals surface area contributed by atoms with Crippen molar-refractivity contribution >= 4 is 11.9 Å². The Morgan fingerprint density at radius 2 is 2.00 bits per heavy atom. The van der Waals surface area contributed by atoms with Gasteiger partial charge >= 0.3 is 11.9 Å². The number of epoxide rings is 1. The molecular formula is C13H20O5. The van der Waals surface area contributed by atoms with E-state index in [2.05, 4.69) is 11.3 Å². The third-order valence-electron chi connectivity index (χ3n) is 1.93. The van der Waals surface area contributed by atoms with Crippen molar-refractivity contribution in [2.75, 3.05) is 19.8 Å². The number of hydrogen-bond acceptors (Lipinski definition) is 4. The molecule has 0 atom stereocenters. The Hall–Kier alpha value is -1.62.